The third-order valence-electron chi connectivity index (χ3n) is 3.19. The molecule has 0 bridgehead atoms. The molecule has 0 aliphatic carbocycles. The van der Waals surface area contributed by atoms with E-state index in [0.29, 0.717) is 21.2 Å². The Balaban J connectivity index is 2.68. The van der Waals surface area contributed by atoms with Crippen molar-refractivity contribution in [2.24, 2.45) is 0 Å². The Morgan fingerprint density at radius 1 is 1.00 bits per heavy atom. The van der Waals surface area contributed by atoms with Crippen LogP contribution in [0.3, 0.4) is 0 Å². The number of rotatable bonds is 3. The first-order chi connectivity index (χ1) is 9.47. The molecule has 20 heavy (non-hydrogen) atoms. The number of halogens is 4. The fourth-order valence-electron chi connectivity index (χ4n) is 2.16. The van der Waals surface area contributed by atoms with E-state index in [4.69, 9.17) is 23.2 Å². The van der Waals surface area contributed by atoms with Crippen LogP contribution in [0.5, 0.6) is 0 Å². The van der Waals surface area contributed by atoms with Crippen LogP contribution in [0.4, 0.5) is 8.78 Å². The first-order valence-corrected chi connectivity index (χ1v) is 6.78. The molecule has 5 heteroatoms. The van der Waals surface area contributed by atoms with E-state index in [1.165, 1.54) is 12.1 Å². The number of nitrogens with one attached hydrogen (secondary N) is 1. The van der Waals surface area contributed by atoms with Gasteiger partial charge in [0.05, 0.1) is 6.04 Å². The molecule has 0 saturated carbocycles. The molecule has 0 saturated heterocycles. The highest BCUT2D eigenvalue weighted by atomic mass is 35.5. The number of benzene rings is 2. The van der Waals surface area contributed by atoms with E-state index in [-0.39, 0.29) is 5.56 Å². The van der Waals surface area contributed by atoms with Crippen molar-refractivity contribution < 1.29 is 8.78 Å². The van der Waals surface area contributed by atoms with Gasteiger partial charge in [0.2, 0.25) is 0 Å². The third-order valence-corrected chi connectivity index (χ3v) is 3.84. The molecule has 2 aromatic rings. The second-order valence-corrected chi connectivity index (χ2v) is 5.26. The maximum Gasteiger partial charge on any atom is 0.134 e. The van der Waals surface area contributed by atoms with E-state index >= 15 is 0 Å². The molecule has 2 aromatic carbocycles. The molecular weight excluding hydrogens is 303 g/mol. The average Bonchev–Trinajstić information content (AvgIpc) is 2.41. The van der Waals surface area contributed by atoms with Crippen LogP contribution in [0.25, 0.3) is 0 Å². The van der Waals surface area contributed by atoms with Gasteiger partial charge in [-0.3, -0.25) is 0 Å². The molecule has 0 aliphatic rings. The fourth-order valence-corrected chi connectivity index (χ4v) is 2.78. The van der Waals surface area contributed by atoms with Crippen LogP contribution in [0.1, 0.15) is 22.7 Å². The van der Waals surface area contributed by atoms with Crippen LogP contribution in [0, 0.1) is 18.6 Å². The summed E-state index contributed by atoms with van der Waals surface area (Å²) in [4.78, 5) is 0. The highest BCUT2D eigenvalue weighted by molar-refractivity contribution is 6.36. The van der Waals surface area contributed by atoms with Gasteiger partial charge in [0.1, 0.15) is 11.6 Å². The lowest BCUT2D eigenvalue weighted by Crippen LogP contribution is -2.21. The van der Waals surface area contributed by atoms with Crippen LogP contribution in [0.15, 0.2) is 30.3 Å². The Bertz CT molecular complexity index is 624. The summed E-state index contributed by atoms with van der Waals surface area (Å²) in [5, 5.41) is 3.59. The third kappa shape index (κ3) is 2.66. The predicted molar refractivity (Wildman–Crippen MR) is 78.5 cm³/mol. The Kier molecular flexibility index (Phi) is 4.63. The Morgan fingerprint density at radius 2 is 1.60 bits per heavy atom. The van der Waals surface area contributed by atoms with Gasteiger partial charge in [0.15, 0.2) is 0 Å². The quantitative estimate of drug-likeness (QED) is 0.850. The second kappa shape index (κ2) is 6.08. The molecule has 0 heterocycles. The van der Waals surface area contributed by atoms with Gasteiger partial charge in [0.25, 0.3) is 0 Å². The normalized spacial score (nSPS) is 12.5. The molecule has 0 spiro atoms. The molecule has 0 aliphatic heterocycles. The zero-order valence-corrected chi connectivity index (χ0v) is 12.5. The summed E-state index contributed by atoms with van der Waals surface area (Å²) >= 11 is 12.3. The minimum atomic E-state index is -0.754. The number of hydrogen-bond acceptors (Lipinski definition) is 1. The summed E-state index contributed by atoms with van der Waals surface area (Å²) in [6, 6.07) is 6.84. The van der Waals surface area contributed by atoms with Gasteiger partial charge in [-0.15, -0.1) is 0 Å². The van der Waals surface area contributed by atoms with Gasteiger partial charge in [-0.2, -0.15) is 0 Å². The summed E-state index contributed by atoms with van der Waals surface area (Å²) in [5.74, 6) is -1.23. The molecule has 1 unspecified atom stereocenters. The SMILES string of the molecule is CNC(c1c(Cl)cccc1Cl)c1c(F)ccc(C)c1F. The molecule has 106 valence electrons. The van der Waals surface area contributed by atoms with Gasteiger partial charge in [0, 0.05) is 21.2 Å². The first kappa shape index (κ1) is 15.2. The monoisotopic (exact) mass is 315 g/mol. The minimum Gasteiger partial charge on any atom is -0.309 e. The standard InChI is InChI=1S/C15H13Cl2F2N/c1-8-6-7-11(18)13(14(8)19)15(20-2)12-9(16)4-3-5-10(12)17/h3-7,15,20H,1-2H3. The van der Waals surface area contributed by atoms with Crippen LogP contribution in [-0.2, 0) is 0 Å². The number of hydrogen-bond donors (Lipinski definition) is 1. The summed E-state index contributed by atoms with van der Waals surface area (Å²) in [6.45, 7) is 1.58. The predicted octanol–water partition coefficient (Wildman–Crippen LogP) is 4.89. The molecule has 0 aromatic heterocycles. The first-order valence-electron chi connectivity index (χ1n) is 6.03. The molecule has 0 amide bonds. The molecule has 1 nitrogen and oxygen atoms in total. The van der Waals surface area contributed by atoms with E-state index in [2.05, 4.69) is 5.32 Å². The van der Waals surface area contributed by atoms with Gasteiger partial charge in [-0.05, 0) is 37.7 Å². The minimum absolute atomic E-state index is 0.0810. The maximum atomic E-state index is 14.3. The molecule has 0 fully saturated rings. The van der Waals surface area contributed by atoms with Gasteiger partial charge in [-0.25, -0.2) is 8.78 Å². The average molecular weight is 316 g/mol. The Morgan fingerprint density at radius 3 is 2.15 bits per heavy atom. The fraction of sp³-hybridized carbons (Fsp3) is 0.200. The lowest BCUT2D eigenvalue weighted by molar-refractivity contribution is 0.518. The van der Waals surface area contributed by atoms with Crippen LogP contribution < -0.4 is 5.32 Å². The van der Waals surface area contributed by atoms with Crippen molar-refractivity contribution in [3.05, 3.63) is 68.7 Å². The van der Waals surface area contributed by atoms with Crippen molar-refractivity contribution in [3.8, 4) is 0 Å². The van der Waals surface area contributed by atoms with E-state index in [9.17, 15) is 8.78 Å². The van der Waals surface area contributed by atoms with E-state index in [1.807, 2.05) is 0 Å². The lowest BCUT2D eigenvalue weighted by Gasteiger charge is -2.21. The van der Waals surface area contributed by atoms with E-state index < -0.39 is 17.7 Å². The van der Waals surface area contributed by atoms with Crippen molar-refractivity contribution in [1.82, 2.24) is 5.32 Å². The molecule has 2 rings (SSSR count). The highest BCUT2D eigenvalue weighted by Gasteiger charge is 2.25. The molecule has 1 atom stereocenters. The van der Waals surface area contributed by atoms with Crippen LogP contribution in [0.2, 0.25) is 10.0 Å². The van der Waals surface area contributed by atoms with Crippen molar-refractivity contribution in [3.63, 3.8) is 0 Å². The number of aryl methyl sites for hydroxylation is 1. The summed E-state index contributed by atoms with van der Waals surface area (Å²) in [5.41, 5.74) is 0.744. The van der Waals surface area contributed by atoms with Crippen molar-refractivity contribution in [2.45, 2.75) is 13.0 Å². The van der Waals surface area contributed by atoms with Gasteiger partial charge < -0.3 is 5.32 Å². The largest absolute Gasteiger partial charge is 0.309 e. The summed E-state index contributed by atoms with van der Waals surface area (Å²) in [6.07, 6.45) is 0. The van der Waals surface area contributed by atoms with Crippen LogP contribution >= 0.6 is 23.2 Å². The Labute approximate surface area is 126 Å². The summed E-state index contributed by atoms with van der Waals surface area (Å²) in [7, 11) is 1.60. The lowest BCUT2D eigenvalue weighted by atomic mass is 9.96. The van der Waals surface area contributed by atoms with E-state index in [1.54, 1.807) is 32.2 Å². The second-order valence-electron chi connectivity index (χ2n) is 4.45. The zero-order valence-electron chi connectivity index (χ0n) is 11.0. The topological polar surface area (TPSA) is 12.0 Å². The zero-order chi connectivity index (χ0) is 14.9. The van der Waals surface area contributed by atoms with Crippen molar-refractivity contribution in [1.29, 1.82) is 0 Å². The highest BCUT2D eigenvalue weighted by Crippen LogP contribution is 2.36. The smallest absolute Gasteiger partial charge is 0.134 e. The van der Waals surface area contributed by atoms with Crippen molar-refractivity contribution in [2.75, 3.05) is 7.05 Å². The van der Waals surface area contributed by atoms with E-state index in [0.717, 1.165) is 0 Å². The molecule has 1 N–H and O–H groups in total. The maximum absolute atomic E-state index is 14.3. The van der Waals surface area contributed by atoms with Crippen molar-refractivity contribution >= 4 is 23.2 Å². The molecular formula is C15H13Cl2F2N. The summed E-state index contributed by atoms with van der Waals surface area (Å²) < 4.78 is 28.3. The molecule has 0 radical (unpaired) electrons. The van der Waals surface area contributed by atoms with Crippen LogP contribution in [-0.4, -0.2) is 7.05 Å². The van der Waals surface area contributed by atoms with Gasteiger partial charge >= 0.3 is 0 Å². The van der Waals surface area contributed by atoms with Gasteiger partial charge in [-0.1, -0.05) is 35.3 Å². The Hall–Kier alpha value is -1.16.